The summed E-state index contributed by atoms with van der Waals surface area (Å²) in [5.41, 5.74) is 2.03. The molecule has 0 fully saturated rings. The zero-order valence-electron chi connectivity index (χ0n) is 17.1. The van der Waals surface area contributed by atoms with Gasteiger partial charge in [-0.25, -0.2) is 4.98 Å². The van der Waals surface area contributed by atoms with Crippen molar-refractivity contribution in [3.05, 3.63) is 46.6 Å². The summed E-state index contributed by atoms with van der Waals surface area (Å²) < 4.78 is 6.55. The average Bonchev–Trinajstić information content (AvgIpc) is 3.31. The number of nitrogens with zero attached hydrogens (tertiary/aromatic N) is 3. The van der Waals surface area contributed by atoms with E-state index in [0.717, 1.165) is 16.9 Å². The number of nitrogens with one attached hydrogen (secondary N) is 2. The number of aromatic nitrogens is 3. The largest absolute Gasteiger partial charge is 0.508 e. The molecule has 0 aliphatic carbocycles. The summed E-state index contributed by atoms with van der Waals surface area (Å²) in [6.07, 6.45) is 2.93. The van der Waals surface area contributed by atoms with Crippen LogP contribution in [0.4, 0.5) is 16.6 Å². The Hall–Kier alpha value is -3.40. The Labute approximate surface area is 177 Å². The van der Waals surface area contributed by atoms with Crippen molar-refractivity contribution in [2.75, 3.05) is 10.6 Å². The normalized spacial score (nSPS) is 10.8. The number of anilines is 3. The van der Waals surface area contributed by atoms with E-state index in [0.29, 0.717) is 27.1 Å². The minimum absolute atomic E-state index is 0.00794. The standard InChI is InChI=1S/C20H23N5O4S/c1-11(2)29-17(27)10-25-8-7-16(24-25)22-20-21-9-15(30-20)19(28)23-18-12(3)5-6-14(26)13(18)4/h5-9,11,26H,10H2,1-4H3,(H,23,28)(H,21,22,24). The number of carbonyl (C=O) groups is 2. The van der Waals surface area contributed by atoms with Gasteiger partial charge in [0.2, 0.25) is 0 Å². The summed E-state index contributed by atoms with van der Waals surface area (Å²) in [4.78, 5) is 28.9. The number of thiazole rings is 1. The molecule has 0 radical (unpaired) electrons. The third-order valence-electron chi connectivity index (χ3n) is 4.15. The summed E-state index contributed by atoms with van der Waals surface area (Å²) in [7, 11) is 0. The number of benzene rings is 1. The van der Waals surface area contributed by atoms with Gasteiger partial charge in [0.1, 0.15) is 17.2 Å². The lowest BCUT2D eigenvalue weighted by Crippen LogP contribution is -2.17. The highest BCUT2D eigenvalue weighted by atomic mass is 32.1. The number of ether oxygens (including phenoxy) is 1. The van der Waals surface area contributed by atoms with Gasteiger partial charge in [0, 0.05) is 17.8 Å². The first kappa shape index (κ1) is 21.3. The van der Waals surface area contributed by atoms with Crippen molar-refractivity contribution in [1.82, 2.24) is 14.8 Å². The number of aromatic hydroxyl groups is 1. The van der Waals surface area contributed by atoms with Crippen LogP contribution in [0.2, 0.25) is 0 Å². The third-order valence-corrected chi connectivity index (χ3v) is 5.06. The Morgan fingerprint density at radius 3 is 2.77 bits per heavy atom. The van der Waals surface area contributed by atoms with Crippen LogP contribution in [0.5, 0.6) is 5.75 Å². The van der Waals surface area contributed by atoms with E-state index in [1.807, 2.05) is 6.92 Å². The first-order valence-electron chi connectivity index (χ1n) is 9.29. The molecular weight excluding hydrogens is 406 g/mol. The van der Waals surface area contributed by atoms with Crippen LogP contribution in [-0.2, 0) is 16.1 Å². The highest BCUT2D eigenvalue weighted by Crippen LogP contribution is 2.29. The van der Waals surface area contributed by atoms with Crippen molar-refractivity contribution in [1.29, 1.82) is 0 Å². The fraction of sp³-hybridized carbons (Fsp3) is 0.300. The van der Waals surface area contributed by atoms with Crippen molar-refractivity contribution >= 4 is 39.9 Å². The lowest BCUT2D eigenvalue weighted by atomic mass is 10.1. The zero-order valence-corrected chi connectivity index (χ0v) is 17.9. The second kappa shape index (κ2) is 8.95. The van der Waals surface area contributed by atoms with Crippen molar-refractivity contribution in [3.8, 4) is 5.75 Å². The van der Waals surface area contributed by atoms with Crippen LogP contribution in [0, 0.1) is 13.8 Å². The van der Waals surface area contributed by atoms with E-state index in [2.05, 4.69) is 20.7 Å². The predicted molar refractivity (Wildman–Crippen MR) is 114 cm³/mol. The van der Waals surface area contributed by atoms with Gasteiger partial charge in [-0.2, -0.15) is 5.10 Å². The molecule has 2 aromatic heterocycles. The quantitative estimate of drug-likeness (QED) is 0.491. The smallest absolute Gasteiger partial charge is 0.328 e. The van der Waals surface area contributed by atoms with Gasteiger partial charge in [-0.3, -0.25) is 14.3 Å². The molecule has 3 N–H and O–H groups in total. The Bertz CT molecular complexity index is 1070. The second-order valence-electron chi connectivity index (χ2n) is 6.95. The highest BCUT2D eigenvalue weighted by Gasteiger charge is 2.15. The molecule has 0 unspecified atom stereocenters. The molecule has 0 spiro atoms. The fourth-order valence-electron chi connectivity index (χ4n) is 2.70. The molecule has 3 rings (SSSR count). The molecule has 3 aromatic rings. The first-order chi connectivity index (χ1) is 14.2. The molecule has 9 nitrogen and oxygen atoms in total. The number of rotatable bonds is 7. The number of carbonyl (C=O) groups excluding carboxylic acids is 2. The van der Waals surface area contributed by atoms with Crippen molar-refractivity contribution in [3.63, 3.8) is 0 Å². The summed E-state index contributed by atoms with van der Waals surface area (Å²) >= 11 is 1.16. The van der Waals surface area contributed by atoms with Crippen molar-refractivity contribution < 1.29 is 19.4 Å². The minimum Gasteiger partial charge on any atom is -0.508 e. The lowest BCUT2D eigenvalue weighted by molar-refractivity contribution is -0.148. The van der Waals surface area contributed by atoms with Crippen LogP contribution in [0.15, 0.2) is 30.6 Å². The highest BCUT2D eigenvalue weighted by molar-refractivity contribution is 7.17. The van der Waals surface area contributed by atoms with E-state index in [-0.39, 0.29) is 30.3 Å². The number of amides is 1. The first-order valence-corrected chi connectivity index (χ1v) is 10.1. The summed E-state index contributed by atoms with van der Waals surface area (Å²) in [5.74, 6) is -0.0755. The molecule has 2 heterocycles. The Kier molecular flexibility index (Phi) is 6.36. The molecule has 0 saturated carbocycles. The number of hydrogen-bond acceptors (Lipinski definition) is 8. The number of hydrogen-bond donors (Lipinski definition) is 3. The molecular formula is C20H23N5O4S. The van der Waals surface area contributed by atoms with Crippen LogP contribution >= 0.6 is 11.3 Å². The molecule has 158 valence electrons. The van der Waals surface area contributed by atoms with Gasteiger partial charge in [0.25, 0.3) is 5.91 Å². The third kappa shape index (κ3) is 5.15. The van der Waals surface area contributed by atoms with Crippen LogP contribution in [0.1, 0.15) is 34.6 Å². The van der Waals surface area contributed by atoms with E-state index < -0.39 is 0 Å². The van der Waals surface area contributed by atoms with Gasteiger partial charge in [0.05, 0.1) is 18.0 Å². The molecule has 0 aliphatic heterocycles. The number of aryl methyl sites for hydroxylation is 1. The summed E-state index contributed by atoms with van der Waals surface area (Å²) in [6.45, 7) is 7.18. The monoisotopic (exact) mass is 429 g/mol. The van der Waals surface area contributed by atoms with Gasteiger partial charge in [-0.1, -0.05) is 17.4 Å². The number of phenols is 1. The van der Waals surface area contributed by atoms with Gasteiger partial charge >= 0.3 is 5.97 Å². The molecule has 1 amide bonds. The average molecular weight is 430 g/mol. The van der Waals surface area contributed by atoms with E-state index >= 15 is 0 Å². The number of phenolic OH excluding ortho intramolecular Hbond substituents is 1. The zero-order chi connectivity index (χ0) is 21.8. The van der Waals surface area contributed by atoms with Gasteiger partial charge in [-0.15, -0.1) is 0 Å². The number of esters is 1. The van der Waals surface area contributed by atoms with Gasteiger partial charge in [-0.05, 0) is 39.3 Å². The maximum atomic E-state index is 12.6. The van der Waals surface area contributed by atoms with Crippen molar-refractivity contribution in [2.24, 2.45) is 0 Å². The van der Waals surface area contributed by atoms with Crippen LogP contribution in [0.25, 0.3) is 0 Å². The van der Waals surface area contributed by atoms with E-state index in [1.54, 1.807) is 45.2 Å². The predicted octanol–water partition coefficient (Wildman–Crippen LogP) is 3.61. The molecule has 30 heavy (non-hydrogen) atoms. The maximum absolute atomic E-state index is 12.6. The van der Waals surface area contributed by atoms with Gasteiger partial charge < -0.3 is 20.5 Å². The second-order valence-corrected chi connectivity index (χ2v) is 7.98. The molecule has 10 heteroatoms. The summed E-state index contributed by atoms with van der Waals surface area (Å²) in [5, 5.41) is 20.4. The van der Waals surface area contributed by atoms with Gasteiger partial charge in [0.15, 0.2) is 10.9 Å². The lowest BCUT2D eigenvalue weighted by Gasteiger charge is -2.11. The molecule has 0 aliphatic rings. The molecule has 0 saturated heterocycles. The SMILES string of the molecule is Cc1ccc(O)c(C)c1NC(=O)c1cnc(Nc2ccn(CC(=O)OC(C)C)n2)s1. The fourth-order valence-corrected chi connectivity index (χ4v) is 3.42. The maximum Gasteiger partial charge on any atom is 0.328 e. The topological polar surface area (TPSA) is 118 Å². The van der Waals surface area contributed by atoms with Crippen LogP contribution < -0.4 is 10.6 Å². The summed E-state index contributed by atoms with van der Waals surface area (Å²) in [6, 6.07) is 5.03. The Morgan fingerprint density at radius 2 is 2.03 bits per heavy atom. The van der Waals surface area contributed by atoms with E-state index in [9.17, 15) is 14.7 Å². The van der Waals surface area contributed by atoms with E-state index in [1.165, 1.54) is 10.9 Å². The van der Waals surface area contributed by atoms with E-state index in [4.69, 9.17) is 4.74 Å². The van der Waals surface area contributed by atoms with Crippen molar-refractivity contribution in [2.45, 2.75) is 40.3 Å². The van der Waals surface area contributed by atoms with Crippen LogP contribution in [0.3, 0.4) is 0 Å². The molecule has 0 bridgehead atoms. The molecule has 1 aromatic carbocycles. The Morgan fingerprint density at radius 1 is 1.27 bits per heavy atom. The molecule has 0 atom stereocenters. The van der Waals surface area contributed by atoms with Crippen LogP contribution in [-0.4, -0.2) is 37.9 Å². The minimum atomic E-state index is -0.370. The Balaban J connectivity index is 1.64.